The molecule has 0 aromatic heterocycles. The van der Waals surface area contributed by atoms with Crippen LogP contribution in [0.25, 0.3) is 0 Å². The highest BCUT2D eigenvalue weighted by Gasteiger charge is 2.32. The number of carboxylic acids is 1. The summed E-state index contributed by atoms with van der Waals surface area (Å²) in [5, 5.41) is 8.54. The predicted octanol–water partition coefficient (Wildman–Crippen LogP) is 7.62. The van der Waals surface area contributed by atoms with Crippen molar-refractivity contribution in [3.63, 3.8) is 0 Å². The monoisotopic (exact) mass is 386 g/mol. The molecule has 0 heterocycles. The Morgan fingerprint density at radius 3 is 1.00 bits per heavy atom. The molecule has 0 aliphatic heterocycles. The number of aliphatic carboxylic acids is 1. The van der Waals surface area contributed by atoms with Gasteiger partial charge >= 0.3 is 5.97 Å². The number of hydrogen-bond acceptors (Lipinski definition) is 2. The van der Waals surface area contributed by atoms with E-state index in [2.05, 4.69) is 76.2 Å². The zero-order valence-corrected chi connectivity index (χ0v) is 21.2. The number of carbonyl (C=O) groups is 2. The molecule has 0 amide bonds. The summed E-state index contributed by atoms with van der Waals surface area (Å²) in [5.74, 6) is -0.458. The van der Waals surface area contributed by atoms with Gasteiger partial charge in [-0.1, -0.05) is 96.9 Å². The van der Waals surface area contributed by atoms with Crippen LogP contribution >= 0.6 is 0 Å². The second kappa shape index (κ2) is 10.6. The van der Waals surface area contributed by atoms with Gasteiger partial charge in [0.25, 0.3) is 0 Å². The van der Waals surface area contributed by atoms with Crippen molar-refractivity contribution in [2.45, 2.75) is 117 Å². The fourth-order valence-corrected chi connectivity index (χ4v) is 0.794. The zero-order chi connectivity index (χ0) is 23.1. The minimum Gasteiger partial charge on any atom is -0.481 e. The van der Waals surface area contributed by atoms with Crippen molar-refractivity contribution in [1.29, 1.82) is 0 Å². The lowest BCUT2D eigenvalue weighted by molar-refractivity contribution is -0.138. The van der Waals surface area contributed by atoms with Gasteiger partial charge in [0.05, 0.1) is 0 Å². The molecule has 0 aromatic carbocycles. The Bertz CT molecular complexity index is 432. The van der Waals surface area contributed by atoms with E-state index in [9.17, 15) is 9.59 Å². The highest BCUT2D eigenvalue weighted by molar-refractivity contribution is 5.80. The quantitative estimate of drug-likeness (QED) is 0.542. The van der Waals surface area contributed by atoms with Gasteiger partial charge in [-0.3, -0.25) is 9.59 Å². The molecule has 0 rings (SSSR count). The molecule has 0 saturated carbocycles. The van der Waals surface area contributed by atoms with Crippen LogP contribution in [0.4, 0.5) is 0 Å². The van der Waals surface area contributed by atoms with Crippen molar-refractivity contribution in [3.05, 3.63) is 0 Å². The molecule has 164 valence electrons. The lowest BCUT2D eigenvalue weighted by Crippen LogP contribution is -2.30. The smallest absolute Gasteiger partial charge is 0.303 e. The van der Waals surface area contributed by atoms with Crippen LogP contribution in [0.5, 0.6) is 0 Å². The molecule has 0 aromatic rings. The largest absolute Gasteiger partial charge is 0.481 e. The maximum Gasteiger partial charge on any atom is 0.303 e. The van der Waals surface area contributed by atoms with Gasteiger partial charge in [0.2, 0.25) is 0 Å². The number of ketones is 1. The maximum absolute atomic E-state index is 10.5. The van der Waals surface area contributed by atoms with Gasteiger partial charge in [0, 0.05) is 11.8 Å². The summed E-state index contributed by atoms with van der Waals surface area (Å²) >= 11 is 0. The first-order chi connectivity index (χ1) is 11.4. The molecule has 3 heteroatoms. The Morgan fingerprint density at radius 2 is 0.889 bits per heavy atom. The topological polar surface area (TPSA) is 54.4 Å². The molecule has 0 spiro atoms. The van der Waals surface area contributed by atoms with E-state index in [1.165, 1.54) is 0 Å². The van der Waals surface area contributed by atoms with E-state index in [-0.39, 0.29) is 28.4 Å². The fourth-order valence-electron chi connectivity index (χ4n) is 0.794. The summed E-state index contributed by atoms with van der Waals surface area (Å²) < 4.78 is 0. The molecule has 3 nitrogen and oxygen atoms in total. The van der Waals surface area contributed by atoms with Crippen molar-refractivity contribution in [2.24, 2.45) is 27.1 Å². The molecule has 27 heavy (non-hydrogen) atoms. The van der Waals surface area contributed by atoms with Gasteiger partial charge in [-0.15, -0.1) is 0 Å². The third-order valence-electron chi connectivity index (χ3n) is 6.30. The SMILES string of the molecule is CC(=O)C(C)(C)C.CC(C)(C)C(C)(C)C.CC(C)(C)C(C)(C)CCC(=O)O. The minimum atomic E-state index is -0.702. The van der Waals surface area contributed by atoms with Crippen LogP contribution in [-0.2, 0) is 9.59 Å². The average Bonchev–Trinajstić information content (AvgIpc) is 2.33. The predicted molar refractivity (Wildman–Crippen MR) is 119 cm³/mol. The Balaban J connectivity index is -0.000000336. The molecule has 0 saturated heterocycles. The lowest BCUT2D eigenvalue weighted by Gasteiger charge is -2.38. The van der Waals surface area contributed by atoms with E-state index in [0.717, 1.165) is 6.42 Å². The molecule has 1 N–H and O–H groups in total. The molecule has 0 radical (unpaired) electrons. The van der Waals surface area contributed by atoms with Gasteiger partial charge in [-0.05, 0) is 35.0 Å². The summed E-state index contributed by atoms with van der Waals surface area (Å²) in [7, 11) is 0. The summed E-state index contributed by atoms with van der Waals surface area (Å²) in [6.07, 6.45) is 1.01. The molecule has 0 fully saturated rings. The standard InChI is InChI=1S/C10H20O2.C8H18.C6H12O/c1-9(2,3)10(4,5)7-6-8(11)12;1-7(2,3)8(4,5)6;1-5(7)6(2,3)4/h6-7H2,1-5H3,(H,11,12);1-6H3;1-4H3. The summed E-state index contributed by atoms with van der Waals surface area (Å²) in [5.41, 5.74) is 0.994. The van der Waals surface area contributed by atoms with Gasteiger partial charge in [0.1, 0.15) is 5.78 Å². The highest BCUT2D eigenvalue weighted by atomic mass is 16.4. The maximum atomic E-state index is 10.5. The van der Waals surface area contributed by atoms with Crippen LogP contribution in [0.1, 0.15) is 117 Å². The lowest BCUT2D eigenvalue weighted by atomic mass is 9.67. The first kappa shape index (κ1) is 30.9. The fraction of sp³-hybridized carbons (Fsp3) is 0.917. The summed E-state index contributed by atoms with van der Waals surface area (Å²) in [6.45, 7) is 31.7. The second-order valence-electron chi connectivity index (χ2n) is 12.3. The Morgan fingerprint density at radius 1 is 0.630 bits per heavy atom. The van der Waals surface area contributed by atoms with E-state index in [4.69, 9.17) is 5.11 Å². The normalized spacial score (nSPS) is 13.0. The van der Waals surface area contributed by atoms with Crippen molar-refractivity contribution >= 4 is 11.8 Å². The van der Waals surface area contributed by atoms with E-state index < -0.39 is 5.97 Å². The molecule has 0 bridgehead atoms. The first-order valence-electron chi connectivity index (χ1n) is 10.1. The molecule has 0 aliphatic carbocycles. The van der Waals surface area contributed by atoms with E-state index in [0.29, 0.717) is 10.8 Å². The Hall–Kier alpha value is -0.860. The van der Waals surface area contributed by atoms with Crippen LogP contribution in [-0.4, -0.2) is 16.9 Å². The van der Waals surface area contributed by atoms with Crippen LogP contribution in [0, 0.1) is 27.1 Å². The third kappa shape index (κ3) is 15.9. The number of rotatable bonds is 3. The minimum absolute atomic E-state index is 0.0887. The second-order valence-corrected chi connectivity index (χ2v) is 12.3. The van der Waals surface area contributed by atoms with Crippen molar-refractivity contribution in [2.75, 3.05) is 0 Å². The zero-order valence-electron chi connectivity index (χ0n) is 21.2. The van der Waals surface area contributed by atoms with E-state index >= 15 is 0 Å². The van der Waals surface area contributed by atoms with Crippen molar-refractivity contribution in [1.82, 2.24) is 0 Å². The number of Topliss-reactive ketones (excluding diaryl/α,β-unsaturated/α-hetero) is 1. The van der Waals surface area contributed by atoms with Gasteiger partial charge in [0.15, 0.2) is 0 Å². The van der Waals surface area contributed by atoms with Gasteiger partial charge in [-0.25, -0.2) is 0 Å². The van der Waals surface area contributed by atoms with Crippen LogP contribution < -0.4 is 0 Å². The summed E-state index contributed by atoms with van der Waals surface area (Å²) in [6, 6.07) is 0. The molecular formula is C24H50O3. The molecular weight excluding hydrogens is 336 g/mol. The number of carbonyl (C=O) groups excluding carboxylic acids is 1. The van der Waals surface area contributed by atoms with Crippen molar-refractivity contribution < 1.29 is 14.7 Å². The number of carboxylic acid groups (broad SMARTS) is 1. The number of hydrogen-bond donors (Lipinski definition) is 1. The van der Waals surface area contributed by atoms with Gasteiger partial charge in [-0.2, -0.15) is 0 Å². The Labute approximate surface area is 170 Å². The molecule has 0 aliphatic rings. The van der Waals surface area contributed by atoms with Crippen LogP contribution in [0.15, 0.2) is 0 Å². The van der Waals surface area contributed by atoms with Gasteiger partial charge < -0.3 is 5.11 Å². The first-order valence-corrected chi connectivity index (χ1v) is 10.1. The molecule has 0 unspecified atom stereocenters. The highest BCUT2D eigenvalue weighted by Crippen LogP contribution is 2.41. The Kier molecular flexibility index (Phi) is 12.1. The average molecular weight is 387 g/mol. The van der Waals surface area contributed by atoms with E-state index in [1.54, 1.807) is 6.92 Å². The van der Waals surface area contributed by atoms with Crippen LogP contribution in [0.3, 0.4) is 0 Å². The van der Waals surface area contributed by atoms with Crippen molar-refractivity contribution in [3.8, 4) is 0 Å². The van der Waals surface area contributed by atoms with Crippen LogP contribution in [0.2, 0.25) is 0 Å². The molecule has 0 atom stereocenters. The summed E-state index contributed by atoms with van der Waals surface area (Å²) in [4.78, 5) is 20.8. The van der Waals surface area contributed by atoms with E-state index in [1.807, 2.05) is 20.8 Å². The third-order valence-corrected chi connectivity index (χ3v) is 6.30.